The number of hydrogen-bond acceptors (Lipinski definition) is 4. The number of carbonyl (C=O) groups is 2. The lowest BCUT2D eigenvalue weighted by atomic mass is 10.1. The molecule has 0 heterocycles. The lowest BCUT2D eigenvalue weighted by Crippen LogP contribution is -2.11. The Bertz CT molecular complexity index is 1220. The molecule has 0 saturated carbocycles. The summed E-state index contributed by atoms with van der Waals surface area (Å²) in [6.07, 6.45) is 5.55. The molecule has 0 unspecified atom stereocenters. The average Bonchev–Trinajstić information content (AvgIpc) is 3.01. The second-order valence-electron chi connectivity index (χ2n) is 9.96. The van der Waals surface area contributed by atoms with Gasteiger partial charge < -0.3 is 20.1 Å². The molecule has 0 aliphatic rings. The minimum atomic E-state index is 0.0128. The molecule has 6 heteroatoms. The van der Waals surface area contributed by atoms with Crippen molar-refractivity contribution < 1.29 is 19.1 Å². The highest BCUT2D eigenvalue weighted by molar-refractivity contribution is 5.91. The average molecular weight is 551 g/mol. The smallest absolute Gasteiger partial charge is 0.224 e. The third-order valence-electron chi connectivity index (χ3n) is 6.58. The summed E-state index contributed by atoms with van der Waals surface area (Å²) < 4.78 is 11.6. The minimum absolute atomic E-state index is 0.0128. The predicted molar refractivity (Wildman–Crippen MR) is 164 cm³/mol. The van der Waals surface area contributed by atoms with Crippen molar-refractivity contribution in [2.45, 2.75) is 58.2 Å². The minimum Gasteiger partial charge on any atom is -0.489 e. The van der Waals surface area contributed by atoms with Crippen LogP contribution in [0, 0.1) is 0 Å². The quantitative estimate of drug-likeness (QED) is 0.138. The van der Waals surface area contributed by atoms with Gasteiger partial charge in [0.25, 0.3) is 0 Å². The van der Waals surface area contributed by atoms with Crippen LogP contribution in [0.4, 0.5) is 11.4 Å². The van der Waals surface area contributed by atoms with E-state index in [1.54, 1.807) is 0 Å². The highest BCUT2D eigenvalue weighted by Crippen LogP contribution is 2.19. The van der Waals surface area contributed by atoms with Gasteiger partial charge in [0, 0.05) is 24.2 Å². The van der Waals surface area contributed by atoms with E-state index in [4.69, 9.17) is 9.47 Å². The molecule has 0 spiro atoms. The van der Waals surface area contributed by atoms with Crippen LogP contribution < -0.4 is 20.1 Å². The van der Waals surface area contributed by atoms with Crippen LogP contribution in [0.15, 0.2) is 109 Å². The van der Waals surface area contributed by atoms with Crippen LogP contribution in [0.25, 0.3) is 0 Å². The molecular formula is C35H38N2O4. The van der Waals surface area contributed by atoms with Gasteiger partial charge in [0.1, 0.15) is 24.7 Å². The number of nitrogens with one attached hydrogen (secondary N) is 2. The first-order chi connectivity index (χ1) is 20.1. The van der Waals surface area contributed by atoms with Gasteiger partial charge in [0.15, 0.2) is 0 Å². The normalized spacial score (nSPS) is 10.5. The van der Waals surface area contributed by atoms with Crippen molar-refractivity contribution in [1.29, 1.82) is 0 Å². The van der Waals surface area contributed by atoms with Gasteiger partial charge in [-0.2, -0.15) is 0 Å². The number of carbonyl (C=O) groups excluding carboxylic acids is 2. The van der Waals surface area contributed by atoms with E-state index in [1.807, 2.05) is 109 Å². The molecular weight excluding hydrogens is 512 g/mol. The predicted octanol–water partition coefficient (Wildman–Crippen LogP) is 8.15. The third-order valence-corrected chi connectivity index (χ3v) is 6.58. The molecule has 0 fully saturated rings. The third kappa shape index (κ3) is 11.2. The Morgan fingerprint density at radius 1 is 0.463 bits per heavy atom. The number of amides is 2. The fraction of sp³-hybridized carbons (Fsp3) is 0.257. The first kappa shape index (κ1) is 29.4. The number of anilines is 2. The van der Waals surface area contributed by atoms with Gasteiger partial charge in [-0.05, 0) is 72.5 Å². The van der Waals surface area contributed by atoms with Crippen molar-refractivity contribution in [2.24, 2.45) is 0 Å². The molecule has 0 bridgehead atoms. The second kappa shape index (κ2) is 16.5. The summed E-state index contributed by atoms with van der Waals surface area (Å²) >= 11 is 0. The van der Waals surface area contributed by atoms with Gasteiger partial charge >= 0.3 is 0 Å². The zero-order valence-corrected chi connectivity index (χ0v) is 23.4. The standard InChI is InChI=1S/C35H38N2O4/c38-34(36-30-18-22-32(23-19-30)40-26-28-12-6-4-7-13-28)16-10-2-1-3-11-17-35(39)37-31-20-24-33(25-21-31)41-27-29-14-8-5-9-15-29/h4-9,12-15,18-25H,1-3,10-11,16-17,26-27H2,(H,36,38)(H,37,39). The molecule has 0 aliphatic heterocycles. The van der Waals surface area contributed by atoms with Crippen molar-refractivity contribution in [3.8, 4) is 11.5 Å². The van der Waals surface area contributed by atoms with Gasteiger partial charge in [0.05, 0.1) is 0 Å². The number of rotatable bonds is 16. The van der Waals surface area contributed by atoms with Gasteiger partial charge in [-0.3, -0.25) is 9.59 Å². The van der Waals surface area contributed by atoms with Crippen LogP contribution in [0.1, 0.15) is 56.1 Å². The van der Waals surface area contributed by atoms with Crippen LogP contribution in [0.2, 0.25) is 0 Å². The van der Waals surface area contributed by atoms with E-state index in [2.05, 4.69) is 10.6 Å². The fourth-order valence-electron chi connectivity index (χ4n) is 4.30. The second-order valence-corrected chi connectivity index (χ2v) is 9.96. The van der Waals surface area contributed by atoms with Gasteiger partial charge in [-0.25, -0.2) is 0 Å². The van der Waals surface area contributed by atoms with Crippen molar-refractivity contribution in [2.75, 3.05) is 10.6 Å². The summed E-state index contributed by atoms with van der Waals surface area (Å²) in [6, 6.07) is 34.9. The molecule has 6 nitrogen and oxygen atoms in total. The molecule has 4 aromatic carbocycles. The SMILES string of the molecule is O=C(CCCCCCCC(=O)Nc1ccc(OCc2ccccc2)cc1)Nc1ccc(OCc2ccccc2)cc1. The van der Waals surface area contributed by atoms with Crippen LogP contribution in [-0.4, -0.2) is 11.8 Å². The maximum absolute atomic E-state index is 12.3. The lowest BCUT2D eigenvalue weighted by molar-refractivity contribution is -0.117. The monoisotopic (exact) mass is 550 g/mol. The highest BCUT2D eigenvalue weighted by atomic mass is 16.5. The summed E-state index contributed by atoms with van der Waals surface area (Å²) in [6.45, 7) is 1.02. The summed E-state index contributed by atoms with van der Waals surface area (Å²) in [5.74, 6) is 1.56. The molecule has 2 N–H and O–H groups in total. The maximum Gasteiger partial charge on any atom is 0.224 e. The Kier molecular flexibility index (Phi) is 11.8. The summed E-state index contributed by atoms with van der Waals surface area (Å²) in [7, 11) is 0. The van der Waals surface area contributed by atoms with Crippen LogP contribution >= 0.6 is 0 Å². The number of hydrogen-bond donors (Lipinski definition) is 2. The topological polar surface area (TPSA) is 76.7 Å². The first-order valence-electron chi connectivity index (χ1n) is 14.3. The molecule has 0 aliphatic carbocycles. The molecule has 4 aromatic rings. The molecule has 212 valence electrons. The fourth-order valence-corrected chi connectivity index (χ4v) is 4.30. The van der Waals surface area contributed by atoms with Crippen molar-refractivity contribution in [3.63, 3.8) is 0 Å². The molecule has 2 amide bonds. The van der Waals surface area contributed by atoms with Gasteiger partial charge in [0.2, 0.25) is 11.8 Å². The van der Waals surface area contributed by atoms with Crippen LogP contribution in [0.3, 0.4) is 0 Å². The summed E-state index contributed by atoms with van der Waals surface area (Å²) in [4.78, 5) is 24.6. The van der Waals surface area contributed by atoms with Crippen molar-refractivity contribution in [1.82, 2.24) is 0 Å². The highest BCUT2D eigenvalue weighted by Gasteiger charge is 2.05. The van der Waals surface area contributed by atoms with Gasteiger partial charge in [-0.1, -0.05) is 79.9 Å². The van der Waals surface area contributed by atoms with E-state index in [0.717, 1.165) is 66.1 Å². The van der Waals surface area contributed by atoms with Crippen LogP contribution in [0.5, 0.6) is 11.5 Å². The maximum atomic E-state index is 12.3. The number of ether oxygens (including phenoxy) is 2. The molecule has 0 atom stereocenters. The van der Waals surface area contributed by atoms with E-state index in [1.165, 1.54) is 0 Å². The zero-order valence-electron chi connectivity index (χ0n) is 23.4. The zero-order chi connectivity index (χ0) is 28.5. The Labute approximate surface area is 242 Å². The largest absolute Gasteiger partial charge is 0.489 e. The molecule has 0 saturated heterocycles. The molecule has 41 heavy (non-hydrogen) atoms. The Morgan fingerprint density at radius 2 is 0.829 bits per heavy atom. The Morgan fingerprint density at radius 3 is 1.22 bits per heavy atom. The van der Waals surface area contributed by atoms with E-state index < -0.39 is 0 Å². The lowest BCUT2D eigenvalue weighted by Gasteiger charge is -2.09. The molecule has 4 rings (SSSR count). The van der Waals surface area contributed by atoms with E-state index >= 15 is 0 Å². The van der Waals surface area contributed by atoms with E-state index in [9.17, 15) is 9.59 Å². The van der Waals surface area contributed by atoms with Crippen molar-refractivity contribution >= 4 is 23.2 Å². The first-order valence-corrected chi connectivity index (χ1v) is 14.3. The van der Waals surface area contributed by atoms with Crippen LogP contribution in [-0.2, 0) is 22.8 Å². The van der Waals surface area contributed by atoms with E-state index in [-0.39, 0.29) is 11.8 Å². The molecule has 0 radical (unpaired) electrons. The Balaban J connectivity index is 1.01. The summed E-state index contributed by atoms with van der Waals surface area (Å²) in [5, 5.41) is 5.89. The summed E-state index contributed by atoms with van der Waals surface area (Å²) in [5.41, 5.74) is 3.75. The van der Waals surface area contributed by atoms with Crippen molar-refractivity contribution in [3.05, 3.63) is 120 Å². The van der Waals surface area contributed by atoms with Gasteiger partial charge in [-0.15, -0.1) is 0 Å². The van der Waals surface area contributed by atoms with E-state index in [0.29, 0.717) is 26.1 Å². The number of benzene rings is 4. The molecule has 0 aromatic heterocycles. The number of unbranched alkanes of at least 4 members (excludes halogenated alkanes) is 4. The Hall–Kier alpha value is -4.58.